The van der Waals surface area contributed by atoms with Crippen LogP contribution in [0, 0.1) is 6.92 Å². The molecule has 0 atom stereocenters. The van der Waals surface area contributed by atoms with Gasteiger partial charge >= 0.3 is 0 Å². The molecule has 2 heterocycles. The Hall–Kier alpha value is -1.10. The number of hydrogen-bond acceptors (Lipinski definition) is 2. The van der Waals surface area contributed by atoms with Gasteiger partial charge in [-0.25, -0.2) is 9.50 Å². The van der Waals surface area contributed by atoms with Gasteiger partial charge in [0.05, 0.1) is 4.47 Å². The predicted octanol–water partition coefficient (Wildman–Crippen LogP) is 1.66. The van der Waals surface area contributed by atoms with Crippen molar-refractivity contribution in [3.05, 3.63) is 32.3 Å². The fourth-order valence-electron chi connectivity index (χ4n) is 1.54. The Morgan fingerprint density at radius 3 is 3.00 bits per heavy atom. The number of hydrogen-bond donors (Lipinski definition) is 1. The minimum Gasteiger partial charge on any atom is -0.296 e. The van der Waals surface area contributed by atoms with Crippen LogP contribution in [0.15, 0.2) is 15.5 Å². The molecule has 14 heavy (non-hydrogen) atoms. The third-order valence-corrected chi connectivity index (χ3v) is 2.85. The maximum Gasteiger partial charge on any atom is 0.276 e. The van der Waals surface area contributed by atoms with E-state index in [2.05, 4.69) is 26.0 Å². The van der Waals surface area contributed by atoms with Gasteiger partial charge in [-0.15, -0.1) is 0 Å². The molecule has 0 saturated heterocycles. The summed E-state index contributed by atoms with van der Waals surface area (Å²) in [5.74, 6) is 0. The van der Waals surface area contributed by atoms with Crippen LogP contribution in [-0.2, 0) is 6.42 Å². The van der Waals surface area contributed by atoms with Crippen molar-refractivity contribution in [1.82, 2.24) is 14.6 Å². The maximum absolute atomic E-state index is 11.9. The van der Waals surface area contributed by atoms with Gasteiger partial charge in [0.25, 0.3) is 5.56 Å². The van der Waals surface area contributed by atoms with Gasteiger partial charge in [0, 0.05) is 17.5 Å². The number of rotatable bonds is 1. The Morgan fingerprint density at radius 2 is 2.36 bits per heavy atom. The van der Waals surface area contributed by atoms with Crippen molar-refractivity contribution in [2.24, 2.45) is 0 Å². The van der Waals surface area contributed by atoms with E-state index in [-0.39, 0.29) is 5.56 Å². The normalized spacial score (nSPS) is 11.1. The molecule has 4 nitrogen and oxygen atoms in total. The largest absolute Gasteiger partial charge is 0.296 e. The summed E-state index contributed by atoms with van der Waals surface area (Å²) in [5.41, 5.74) is 2.19. The van der Waals surface area contributed by atoms with Gasteiger partial charge in [-0.05, 0) is 29.3 Å². The molecule has 0 aromatic carbocycles. The van der Waals surface area contributed by atoms with Gasteiger partial charge in [0.1, 0.15) is 0 Å². The molecular weight excluding hydrogens is 246 g/mol. The first-order valence-electron chi connectivity index (χ1n) is 4.40. The summed E-state index contributed by atoms with van der Waals surface area (Å²) >= 11 is 3.33. The molecule has 0 unspecified atom stereocenters. The third kappa shape index (κ3) is 1.19. The lowest BCUT2D eigenvalue weighted by molar-refractivity contribution is 0.853. The fraction of sp³-hybridized carbons (Fsp3) is 0.333. The molecule has 2 aromatic rings. The van der Waals surface area contributed by atoms with Crippen molar-refractivity contribution in [1.29, 1.82) is 0 Å². The fourth-order valence-corrected chi connectivity index (χ4v) is 1.90. The molecule has 0 aliphatic heterocycles. The quantitative estimate of drug-likeness (QED) is 0.843. The van der Waals surface area contributed by atoms with Crippen LogP contribution in [-0.4, -0.2) is 14.6 Å². The SMILES string of the molecule is CCc1c(C)nc2c(Br)c[nH]n2c1=O. The topological polar surface area (TPSA) is 50.2 Å². The smallest absolute Gasteiger partial charge is 0.276 e. The maximum atomic E-state index is 11.9. The number of H-pyrrole nitrogens is 1. The van der Waals surface area contributed by atoms with Gasteiger partial charge < -0.3 is 0 Å². The zero-order valence-corrected chi connectivity index (χ0v) is 9.55. The predicted molar refractivity (Wildman–Crippen MR) is 57.6 cm³/mol. The van der Waals surface area contributed by atoms with Crippen LogP contribution in [0.3, 0.4) is 0 Å². The lowest BCUT2D eigenvalue weighted by Gasteiger charge is -2.01. The van der Waals surface area contributed by atoms with Crippen LogP contribution in [0.4, 0.5) is 0 Å². The monoisotopic (exact) mass is 255 g/mol. The number of nitrogens with zero attached hydrogens (tertiary/aromatic N) is 2. The molecular formula is C9H10BrN3O. The van der Waals surface area contributed by atoms with Gasteiger partial charge in [-0.1, -0.05) is 6.92 Å². The van der Waals surface area contributed by atoms with Crippen molar-refractivity contribution in [2.75, 3.05) is 0 Å². The van der Waals surface area contributed by atoms with Crippen molar-refractivity contribution in [2.45, 2.75) is 20.3 Å². The van der Waals surface area contributed by atoms with E-state index in [0.29, 0.717) is 12.1 Å². The summed E-state index contributed by atoms with van der Waals surface area (Å²) in [4.78, 5) is 16.2. The highest BCUT2D eigenvalue weighted by Gasteiger charge is 2.10. The molecule has 0 fully saturated rings. The van der Waals surface area contributed by atoms with Crippen LogP contribution < -0.4 is 5.56 Å². The van der Waals surface area contributed by atoms with E-state index in [4.69, 9.17) is 0 Å². The minimum atomic E-state index is -0.0132. The van der Waals surface area contributed by atoms with Crippen LogP contribution >= 0.6 is 15.9 Å². The Balaban J connectivity index is 2.95. The van der Waals surface area contributed by atoms with Crippen molar-refractivity contribution < 1.29 is 0 Å². The van der Waals surface area contributed by atoms with Gasteiger partial charge in [-0.2, -0.15) is 0 Å². The van der Waals surface area contributed by atoms with Gasteiger partial charge in [0.2, 0.25) is 0 Å². The van der Waals surface area contributed by atoms with Crippen molar-refractivity contribution in [3.63, 3.8) is 0 Å². The lowest BCUT2D eigenvalue weighted by Crippen LogP contribution is -2.21. The first kappa shape index (κ1) is 9.45. The second-order valence-corrected chi connectivity index (χ2v) is 3.97. The van der Waals surface area contributed by atoms with E-state index >= 15 is 0 Å². The van der Waals surface area contributed by atoms with E-state index in [0.717, 1.165) is 15.7 Å². The highest BCUT2D eigenvalue weighted by atomic mass is 79.9. The Labute approximate surface area is 89.1 Å². The lowest BCUT2D eigenvalue weighted by atomic mass is 10.2. The molecule has 2 aromatic heterocycles. The number of nitrogens with one attached hydrogen (secondary N) is 1. The Kier molecular flexibility index (Phi) is 2.19. The van der Waals surface area contributed by atoms with E-state index in [1.165, 1.54) is 4.52 Å². The highest BCUT2D eigenvalue weighted by Crippen LogP contribution is 2.14. The molecule has 0 aliphatic rings. The van der Waals surface area contributed by atoms with E-state index in [1.807, 2.05) is 13.8 Å². The van der Waals surface area contributed by atoms with Crippen LogP contribution in [0.1, 0.15) is 18.2 Å². The van der Waals surface area contributed by atoms with E-state index in [1.54, 1.807) is 6.20 Å². The first-order chi connectivity index (χ1) is 6.65. The summed E-state index contributed by atoms with van der Waals surface area (Å²) in [7, 11) is 0. The van der Waals surface area contributed by atoms with Gasteiger partial charge in [0.15, 0.2) is 5.65 Å². The van der Waals surface area contributed by atoms with E-state index in [9.17, 15) is 4.79 Å². The second kappa shape index (κ2) is 3.24. The van der Waals surface area contributed by atoms with Crippen molar-refractivity contribution >= 4 is 21.6 Å². The molecule has 0 saturated carbocycles. The molecule has 0 spiro atoms. The van der Waals surface area contributed by atoms with Crippen LogP contribution in [0.2, 0.25) is 0 Å². The zero-order valence-electron chi connectivity index (χ0n) is 7.97. The second-order valence-electron chi connectivity index (χ2n) is 3.11. The summed E-state index contributed by atoms with van der Waals surface area (Å²) in [6.07, 6.45) is 2.42. The molecule has 0 aliphatic carbocycles. The number of halogens is 1. The number of aromatic amines is 1. The molecule has 2 rings (SSSR count). The number of aryl methyl sites for hydroxylation is 1. The van der Waals surface area contributed by atoms with Gasteiger partial charge in [-0.3, -0.25) is 9.89 Å². The average molecular weight is 256 g/mol. The molecule has 0 radical (unpaired) electrons. The average Bonchev–Trinajstić information content (AvgIpc) is 2.49. The Morgan fingerprint density at radius 1 is 1.64 bits per heavy atom. The summed E-state index contributed by atoms with van der Waals surface area (Å²) in [6.45, 7) is 3.81. The van der Waals surface area contributed by atoms with Crippen molar-refractivity contribution in [3.8, 4) is 0 Å². The summed E-state index contributed by atoms with van der Waals surface area (Å²) in [5, 5.41) is 2.85. The first-order valence-corrected chi connectivity index (χ1v) is 5.19. The molecule has 74 valence electrons. The summed E-state index contributed by atoms with van der Waals surface area (Å²) < 4.78 is 2.26. The van der Waals surface area contributed by atoms with Crippen LogP contribution in [0.25, 0.3) is 5.65 Å². The molecule has 0 bridgehead atoms. The Bertz CT molecular complexity index is 541. The molecule has 0 amide bonds. The number of aromatic nitrogens is 3. The number of fused-ring (bicyclic) bond motifs is 1. The van der Waals surface area contributed by atoms with Crippen LogP contribution in [0.5, 0.6) is 0 Å². The van der Waals surface area contributed by atoms with E-state index < -0.39 is 0 Å². The zero-order chi connectivity index (χ0) is 10.3. The highest BCUT2D eigenvalue weighted by molar-refractivity contribution is 9.10. The summed E-state index contributed by atoms with van der Waals surface area (Å²) in [6, 6.07) is 0. The molecule has 5 heteroatoms. The minimum absolute atomic E-state index is 0.0132. The molecule has 1 N–H and O–H groups in total. The standard InChI is InChI=1S/C9H10BrN3O/c1-3-6-5(2)12-8-7(10)4-11-13(8)9(6)14/h4,11H,3H2,1-2H3. The third-order valence-electron chi connectivity index (χ3n) is 2.27.